The standard InChI is InChI=1S/C5H7BrO/c1-5(7)3-2-4-6/h5,7H,3H2,1H3. The molecule has 0 aromatic carbocycles. The summed E-state index contributed by atoms with van der Waals surface area (Å²) in [5, 5.41) is 8.56. The number of hydrogen-bond donors (Lipinski definition) is 1. The molecule has 0 saturated carbocycles. The second-order valence-corrected chi connectivity index (χ2v) is 1.72. The predicted octanol–water partition coefficient (Wildman–Crippen LogP) is 1.11. The Morgan fingerprint density at radius 3 is 2.57 bits per heavy atom. The molecular weight excluding hydrogens is 156 g/mol. The molecule has 0 fully saturated rings. The zero-order valence-corrected chi connectivity index (χ0v) is 5.70. The van der Waals surface area contributed by atoms with Crippen molar-refractivity contribution in [2.45, 2.75) is 19.4 Å². The van der Waals surface area contributed by atoms with E-state index in [2.05, 4.69) is 26.7 Å². The molecule has 0 heterocycles. The van der Waals surface area contributed by atoms with Crippen LogP contribution in [0.4, 0.5) is 0 Å². The van der Waals surface area contributed by atoms with Crippen LogP contribution in [0.3, 0.4) is 0 Å². The van der Waals surface area contributed by atoms with Crippen molar-refractivity contribution in [1.82, 2.24) is 0 Å². The molecule has 1 atom stereocenters. The van der Waals surface area contributed by atoms with E-state index in [1.54, 1.807) is 6.92 Å². The first-order valence-corrected chi connectivity index (χ1v) is 2.83. The lowest BCUT2D eigenvalue weighted by Gasteiger charge is -1.90. The lowest BCUT2D eigenvalue weighted by atomic mass is 10.3. The molecule has 1 N–H and O–H groups in total. The summed E-state index contributed by atoms with van der Waals surface area (Å²) >= 11 is 2.91. The Hall–Kier alpha value is 0. The molecule has 0 aliphatic heterocycles. The summed E-state index contributed by atoms with van der Waals surface area (Å²) in [5.74, 6) is 2.66. The van der Waals surface area contributed by atoms with Gasteiger partial charge in [-0.05, 0) is 11.8 Å². The Morgan fingerprint density at radius 1 is 1.86 bits per heavy atom. The van der Waals surface area contributed by atoms with Crippen LogP contribution in [0, 0.1) is 10.8 Å². The zero-order chi connectivity index (χ0) is 5.70. The summed E-state index contributed by atoms with van der Waals surface area (Å²) in [6.45, 7) is 1.71. The highest BCUT2D eigenvalue weighted by atomic mass is 79.9. The van der Waals surface area contributed by atoms with Crippen molar-refractivity contribution in [3.63, 3.8) is 0 Å². The molecule has 0 aromatic rings. The van der Waals surface area contributed by atoms with Crippen LogP contribution in [0.1, 0.15) is 13.3 Å². The minimum atomic E-state index is -0.301. The van der Waals surface area contributed by atoms with Gasteiger partial charge in [0.2, 0.25) is 0 Å². The number of hydrogen-bond acceptors (Lipinski definition) is 1. The molecule has 0 amide bonds. The molecule has 0 saturated heterocycles. The number of rotatable bonds is 1. The Labute approximate surface area is 51.9 Å². The van der Waals surface area contributed by atoms with Gasteiger partial charge in [-0.3, -0.25) is 0 Å². The van der Waals surface area contributed by atoms with Crippen LogP contribution in [-0.2, 0) is 0 Å². The van der Waals surface area contributed by atoms with Gasteiger partial charge in [0.05, 0.1) is 6.10 Å². The Kier molecular flexibility index (Phi) is 4.17. The third kappa shape index (κ3) is 6.00. The van der Waals surface area contributed by atoms with E-state index in [1.807, 2.05) is 0 Å². The van der Waals surface area contributed by atoms with E-state index < -0.39 is 0 Å². The molecular formula is C5H7BrO. The summed E-state index contributed by atoms with van der Waals surface area (Å²) in [6.07, 6.45) is 0.246. The van der Waals surface area contributed by atoms with Gasteiger partial charge in [-0.15, -0.1) is 0 Å². The maximum atomic E-state index is 8.56. The second kappa shape index (κ2) is 4.17. The predicted molar refractivity (Wildman–Crippen MR) is 33.0 cm³/mol. The first-order chi connectivity index (χ1) is 3.27. The summed E-state index contributed by atoms with van der Waals surface area (Å²) in [4.78, 5) is 2.50. The fourth-order valence-corrected chi connectivity index (χ4v) is 0.348. The highest BCUT2D eigenvalue weighted by Crippen LogP contribution is 1.85. The van der Waals surface area contributed by atoms with Gasteiger partial charge in [-0.25, -0.2) is 0 Å². The molecule has 0 radical (unpaired) electrons. The lowest BCUT2D eigenvalue weighted by Crippen LogP contribution is -1.95. The van der Waals surface area contributed by atoms with Crippen molar-refractivity contribution < 1.29 is 5.11 Å². The Bertz CT molecular complexity index is 88.0. The van der Waals surface area contributed by atoms with Crippen molar-refractivity contribution >= 4 is 15.9 Å². The van der Waals surface area contributed by atoms with Gasteiger partial charge in [-0.2, -0.15) is 0 Å². The van der Waals surface area contributed by atoms with Gasteiger partial charge in [0.15, 0.2) is 0 Å². The Morgan fingerprint density at radius 2 is 2.43 bits per heavy atom. The summed E-state index contributed by atoms with van der Waals surface area (Å²) < 4.78 is 0. The molecule has 0 aromatic heterocycles. The molecule has 0 rings (SSSR count). The molecule has 1 unspecified atom stereocenters. The largest absolute Gasteiger partial charge is 0.392 e. The van der Waals surface area contributed by atoms with Crippen molar-refractivity contribution in [2.24, 2.45) is 0 Å². The topological polar surface area (TPSA) is 20.2 Å². The van der Waals surface area contributed by atoms with Crippen molar-refractivity contribution in [3.05, 3.63) is 0 Å². The molecule has 0 bridgehead atoms. The smallest absolute Gasteiger partial charge is 0.0621 e. The Balaban J connectivity index is 3.08. The summed E-state index contributed by atoms with van der Waals surface area (Å²) in [7, 11) is 0. The normalized spacial score (nSPS) is 11.9. The summed E-state index contributed by atoms with van der Waals surface area (Å²) in [5.41, 5.74) is 0. The van der Waals surface area contributed by atoms with Gasteiger partial charge in [0, 0.05) is 22.4 Å². The third-order valence-electron chi connectivity index (χ3n) is 0.464. The molecule has 2 heteroatoms. The van der Waals surface area contributed by atoms with Crippen LogP contribution >= 0.6 is 15.9 Å². The van der Waals surface area contributed by atoms with Crippen LogP contribution in [0.2, 0.25) is 0 Å². The van der Waals surface area contributed by atoms with Crippen molar-refractivity contribution in [3.8, 4) is 10.8 Å². The first kappa shape index (κ1) is 7.00. The van der Waals surface area contributed by atoms with E-state index in [4.69, 9.17) is 5.11 Å². The van der Waals surface area contributed by atoms with Crippen LogP contribution in [0.15, 0.2) is 0 Å². The van der Waals surface area contributed by atoms with E-state index in [1.165, 1.54) is 0 Å². The summed E-state index contributed by atoms with van der Waals surface area (Å²) in [6, 6.07) is 0. The van der Waals surface area contributed by atoms with Crippen LogP contribution in [0.5, 0.6) is 0 Å². The van der Waals surface area contributed by atoms with Gasteiger partial charge in [0.25, 0.3) is 0 Å². The fraction of sp³-hybridized carbons (Fsp3) is 0.600. The van der Waals surface area contributed by atoms with Gasteiger partial charge in [0.1, 0.15) is 0 Å². The molecule has 0 spiro atoms. The van der Waals surface area contributed by atoms with E-state index in [-0.39, 0.29) is 6.10 Å². The average molecular weight is 163 g/mol. The van der Waals surface area contributed by atoms with Gasteiger partial charge >= 0.3 is 0 Å². The van der Waals surface area contributed by atoms with E-state index in [0.29, 0.717) is 6.42 Å². The van der Waals surface area contributed by atoms with Gasteiger partial charge < -0.3 is 5.11 Å². The van der Waals surface area contributed by atoms with Crippen LogP contribution < -0.4 is 0 Å². The molecule has 0 aliphatic rings. The molecule has 1 nitrogen and oxygen atoms in total. The highest BCUT2D eigenvalue weighted by Gasteiger charge is 1.85. The third-order valence-corrected chi connectivity index (χ3v) is 0.745. The first-order valence-electron chi connectivity index (χ1n) is 2.04. The van der Waals surface area contributed by atoms with E-state index in [0.717, 1.165) is 0 Å². The van der Waals surface area contributed by atoms with Crippen LogP contribution in [-0.4, -0.2) is 11.2 Å². The lowest BCUT2D eigenvalue weighted by molar-refractivity contribution is 0.201. The number of aliphatic hydroxyl groups is 1. The second-order valence-electron chi connectivity index (χ2n) is 1.32. The molecule has 40 valence electrons. The minimum Gasteiger partial charge on any atom is -0.392 e. The van der Waals surface area contributed by atoms with Gasteiger partial charge in [-0.1, -0.05) is 5.92 Å². The van der Waals surface area contributed by atoms with E-state index in [9.17, 15) is 0 Å². The fourth-order valence-electron chi connectivity index (χ4n) is 0.186. The van der Waals surface area contributed by atoms with Crippen molar-refractivity contribution in [2.75, 3.05) is 0 Å². The molecule has 0 aliphatic carbocycles. The maximum Gasteiger partial charge on any atom is 0.0621 e. The monoisotopic (exact) mass is 162 g/mol. The average Bonchev–Trinajstić information content (AvgIpc) is 1.61. The highest BCUT2D eigenvalue weighted by molar-refractivity contribution is 9.12. The zero-order valence-electron chi connectivity index (χ0n) is 4.11. The maximum absolute atomic E-state index is 8.56. The van der Waals surface area contributed by atoms with Crippen LogP contribution in [0.25, 0.3) is 0 Å². The SMILES string of the molecule is CC(O)CC#CBr. The molecule has 7 heavy (non-hydrogen) atoms. The number of halogens is 1. The van der Waals surface area contributed by atoms with E-state index >= 15 is 0 Å². The quantitative estimate of drug-likeness (QED) is 0.574. The number of aliphatic hydroxyl groups excluding tert-OH is 1. The minimum absolute atomic E-state index is 0.301. The van der Waals surface area contributed by atoms with Crippen molar-refractivity contribution in [1.29, 1.82) is 0 Å².